The molecule has 1 N–H and O–H groups in total. The number of nitrogens with zero attached hydrogens (tertiary/aromatic N) is 1. The molecular weight excluding hydrogens is 220 g/mol. The second-order valence-electron chi connectivity index (χ2n) is 4.32. The van der Waals surface area contributed by atoms with Gasteiger partial charge >= 0.3 is 0 Å². The summed E-state index contributed by atoms with van der Waals surface area (Å²) < 4.78 is 0. The molecule has 16 heavy (non-hydrogen) atoms. The predicted molar refractivity (Wildman–Crippen MR) is 67.0 cm³/mol. The van der Waals surface area contributed by atoms with E-state index in [0.717, 1.165) is 37.1 Å². The molecule has 0 radical (unpaired) electrons. The van der Waals surface area contributed by atoms with Crippen molar-refractivity contribution in [2.45, 2.75) is 25.8 Å². The fourth-order valence-corrected chi connectivity index (χ4v) is 3.11. The number of likely N-dealkylation sites (N-methyl/N-ethyl adjacent to an activating group) is 1. The normalized spacial score (nSPS) is 20.4. The highest BCUT2D eigenvalue weighted by atomic mass is 32.1. The molecule has 1 aliphatic rings. The highest BCUT2D eigenvalue weighted by molar-refractivity contribution is 7.08. The standard InChI is InChI=1S/C12H18N2OS/c1-9-7-16-8-11(9)12(15)14-5-3-4-10(14)6-13-2/h7-8,10,13H,3-6H2,1-2H3. The molecule has 2 rings (SSSR count). The van der Waals surface area contributed by atoms with Crippen LogP contribution in [0.25, 0.3) is 0 Å². The number of likely N-dealkylation sites (tertiary alicyclic amines) is 1. The van der Waals surface area contributed by atoms with Crippen LogP contribution in [0.4, 0.5) is 0 Å². The minimum atomic E-state index is 0.205. The lowest BCUT2D eigenvalue weighted by atomic mass is 10.1. The lowest BCUT2D eigenvalue weighted by Crippen LogP contribution is -2.40. The SMILES string of the molecule is CNCC1CCCN1C(=O)c1cscc1C. The maximum absolute atomic E-state index is 12.3. The Morgan fingerprint density at radius 1 is 1.62 bits per heavy atom. The molecule has 1 amide bonds. The summed E-state index contributed by atoms with van der Waals surface area (Å²) in [7, 11) is 1.94. The Hall–Kier alpha value is -0.870. The second-order valence-corrected chi connectivity index (χ2v) is 5.06. The number of nitrogens with one attached hydrogen (secondary N) is 1. The fraction of sp³-hybridized carbons (Fsp3) is 0.583. The van der Waals surface area contributed by atoms with Gasteiger partial charge in [-0.05, 0) is 37.8 Å². The highest BCUT2D eigenvalue weighted by Gasteiger charge is 2.29. The van der Waals surface area contributed by atoms with Crippen LogP contribution in [0, 0.1) is 6.92 Å². The Kier molecular flexibility index (Phi) is 3.61. The molecule has 1 aromatic rings. The van der Waals surface area contributed by atoms with E-state index in [1.54, 1.807) is 11.3 Å². The van der Waals surface area contributed by atoms with Crippen molar-refractivity contribution in [1.82, 2.24) is 10.2 Å². The number of aryl methyl sites for hydroxylation is 1. The molecular formula is C12H18N2OS. The maximum Gasteiger partial charge on any atom is 0.255 e. The van der Waals surface area contributed by atoms with Crippen molar-refractivity contribution >= 4 is 17.2 Å². The van der Waals surface area contributed by atoms with Gasteiger partial charge < -0.3 is 10.2 Å². The smallest absolute Gasteiger partial charge is 0.255 e. The number of amides is 1. The Balaban J connectivity index is 2.12. The molecule has 1 unspecified atom stereocenters. The zero-order valence-corrected chi connectivity index (χ0v) is 10.6. The molecule has 1 saturated heterocycles. The maximum atomic E-state index is 12.3. The number of hydrogen-bond acceptors (Lipinski definition) is 3. The lowest BCUT2D eigenvalue weighted by molar-refractivity contribution is 0.0737. The first-order valence-corrected chi connectivity index (χ1v) is 6.66. The van der Waals surface area contributed by atoms with Crippen LogP contribution in [0.5, 0.6) is 0 Å². The van der Waals surface area contributed by atoms with Crippen LogP contribution in [-0.2, 0) is 0 Å². The van der Waals surface area contributed by atoms with Crippen molar-refractivity contribution in [3.05, 3.63) is 21.9 Å². The molecule has 1 fully saturated rings. The largest absolute Gasteiger partial charge is 0.334 e. The average molecular weight is 238 g/mol. The molecule has 1 aliphatic heterocycles. The van der Waals surface area contributed by atoms with Crippen LogP contribution in [0.2, 0.25) is 0 Å². The molecule has 2 heterocycles. The molecule has 1 aromatic heterocycles. The number of carbonyl (C=O) groups excluding carboxylic acids is 1. The van der Waals surface area contributed by atoms with Gasteiger partial charge in [-0.15, -0.1) is 0 Å². The number of carbonyl (C=O) groups is 1. The number of rotatable bonds is 3. The van der Waals surface area contributed by atoms with Gasteiger partial charge in [0.1, 0.15) is 0 Å². The first kappa shape index (κ1) is 11.6. The molecule has 0 aliphatic carbocycles. The van der Waals surface area contributed by atoms with E-state index < -0.39 is 0 Å². The predicted octanol–water partition coefficient (Wildman–Crippen LogP) is 1.88. The third-order valence-corrected chi connectivity index (χ3v) is 4.03. The van der Waals surface area contributed by atoms with Gasteiger partial charge in [0.05, 0.1) is 5.56 Å². The van der Waals surface area contributed by atoms with Crippen LogP contribution in [-0.4, -0.2) is 37.0 Å². The molecule has 1 atom stereocenters. The van der Waals surface area contributed by atoms with E-state index in [4.69, 9.17) is 0 Å². The minimum absolute atomic E-state index is 0.205. The lowest BCUT2D eigenvalue weighted by Gasteiger charge is -2.24. The van der Waals surface area contributed by atoms with E-state index in [-0.39, 0.29) is 5.91 Å². The number of thiophene rings is 1. The van der Waals surface area contributed by atoms with Gasteiger partial charge in [0.2, 0.25) is 0 Å². The fourth-order valence-electron chi connectivity index (χ4n) is 2.29. The van der Waals surface area contributed by atoms with Gasteiger partial charge in [-0.25, -0.2) is 0 Å². The Morgan fingerprint density at radius 3 is 3.06 bits per heavy atom. The first-order valence-electron chi connectivity index (χ1n) is 5.72. The summed E-state index contributed by atoms with van der Waals surface area (Å²) in [5.41, 5.74) is 1.98. The van der Waals surface area contributed by atoms with Gasteiger partial charge in [-0.2, -0.15) is 11.3 Å². The van der Waals surface area contributed by atoms with Crippen LogP contribution in [0.3, 0.4) is 0 Å². The van der Waals surface area contributed by atoms with Crippen molar-refractivity contribution < 1.29 is 4.79 Å². The van der Waals surface area contributed by atoms with Crippen molar-refractivity contribution in [3.8, 4) is 0 Å². The highest BCUT2D eigenvalue weighted by Crippen LogP contribution is 2.22. The Labute approximate surface area is 100 Å². The van der Waals surface area contributed by atoms with Gasteiger partial charge in [0, 0.05) is 24.5 Å². The summed E-state index contributed by atoms with van der Waals surface area (Å²) in [6.07, 6.45) is 2.25. The van der Waals surface area contributed by atoms with E-state index in [9.17, 15) is 4.79 Å². The van der Waals surface area contributed by atoms with Crippen LogP contribution >= 0.6 is 11.3 Å². The molecule has 88 valence electrons. The first-order chi connectivity index (χ1) is 7.74. The number of hydrogen-bond donors (Lipinski definition) is 1. The molecule has 0 saturated carbocycles. The minimum Gasteiger partial charge on any atom is -0.334 e. The summed E-state index contributed by atoms with van der Waals surface area (Å²) in [6, 6.07) is 0.372. The van der Waals surface area contributed by atoms with Crippen molar-refractivity contribution in [2.75, 3.05) is 20.1 Å². The topological polar surface area (TPSA) is 32.3 Å². The van der Waals surface area contributed by atoms with Gasteiger partial charge in [0.15, 0.2) is 0 Å². The quantitative estimate of drug-likeness (QED) is 0.872. The molecule has 3 nitrogen and oxygen atoms in total. The monoisotopic (exact) mass is 238 g/mol. The van der Waals surface area contributed by atoms with Crippen molar-refractivity contribution in [3.63, 3.8) is 0 Å². The van der Waals surface area contributed by atoms with E-state index in [0.29, 0.717) is 6.04 Å². The van der Waals surface area contributed by atoms with Gasteiger partial charge in [-0.1, -0.05) is 0 Å². The third-order valence-electron chi connectivity index (χ3n) is 3.16. The van der Waals surface area contributed by atoms with Crippen LogP contribution in [0.1, 0.15) is 28.8 Å². The molecule has 0 spiro atoms. The Morgan fingerprint density at radius 2 is 2.44 bits per heavy atom. The van der Waals surface area contributed by atoms with Crippen molar-refractivity contribution in [1.29, 1.82) is 0 Å². The average Bonchev–Trinajstić information content (AvgIpc) is 2.87. The zero-order valence-electron chi connectivity index (χ0n) is 9.82. The summed E-state index contributed by atoms with van der Waals surface area (Å²) in [6.45, 7) is 3.81. The molecule has 4 heteroatoms. The zero-order chi connectivity index (χ0) is 11.5. The van der Waals surface area contributed by atoms with E-state index in [2.05, 4.69) is 5.32 Å². The van der Waals surface area contributed by atoms with Crippen LogP contribution < -0.4 is 5.32 Å². The third kappa shape index (κ3) is 2.13. The van der Waals surface area contributed by atoms with E-state index in [1.807, 2.05) is 29.6 Å². The molecule has 0 bridgehead atoms. The summed E-state index contributed by atoms with van der Waals surface area (Å²) in [5, 5.41) is 7.17. The molecule has 0 aromatic carbocycles. The van der Waals surface area contributed by atoms with Gasteiger partial charge in [0.25, 0.3) is 5.91 Å². The van der Waals surface area contributed by atoms with Crippen LogP contribution in [0.15, 0.2) is 10.8 Å². The second kappa shape index (κ2) is 4.97. The summed E-state index contributed by atoms with van der Waals surface area (Å²) in [4.78, 5) is 14.3. The van der Waals surface area contributed by atoms with Gasteiger partial charge in [-0.3, -0.25) is 4.79 Å². The van der Waals surface area contributed by atoms with E-state index in [1.165, 1.54) is 0 Å². The summed E-state index contributed by atoms with van der Waals surface area (Å²) in [5.74, 6) is 0.205. The Bertz CT molecular complexity index is 375. The summed E-state index contributed by atoms with van der Waals surface area (Å²) >= 11 is 1.60. The van der Waals surface area contributed by atoms with E-state index >= 15 is 0 Å². The van der Waals surface area contributed by atoms with Crippen molar-refractivity contribution in [2.24, 2.45) is 0 Å².